The molecular formula is C22H28ClN3O5S. The van der Waals surface area contributed by atoms with Crippen molar-refractivity contribution in [3.8, 4) is 11.5 Å². The molecule has 1 atom stereocenters. The van der Waals surface area contributed by atoms with Gasteiger partial charge in [0.2, 0.25) is 15.9 Å². The maximum absolute atomic E-state index is 12.9. The van der Waals surface area contributed by atoms with Crippen LogP contribution in [0.15, 0.2) is 47.4 Å². The van der Waals surface area contributed by atoms with Gasteiger partial charge in [-0.05, 0) is 44.2 Å². The van der Waals surface area contributed by atoms with Crippen LogP contribution < -0.4 is 19.1 Å². The Kier molecular flexibility index (Phi) is 7.86. The molecule has 1 heterocycles. The SMILES string of the molecule is CCOc1ccc(S(=O)(=O)N[C@H](C)C(=O)N2CCN(c3ccccc3OC)CC2)cc1Cl. The minimum atomic E-state index is -3.92. The molecule has 0 radical (unpaired) electrons. The molecule has 0 aromatic heterocycles. The third kappa shape index (κ3) is 5.46. The zero-order chi connectivity index (χ0) is 23.3. The molecule has 1 amide bonds. The largest absolute Gasteiger partial charge is 0.495 e. The van der Waals surface area contributed by atoms with Crippen molar-refractivity contribution in [3.05, 3.63) is 47.5 Å². The first kappa shape index (κ1) is 24.2. The fraction of sp³-hybridized carbons (Fsp3) is 0.409. The maximum Gasteiger partial charge on any atom is 0.241 e. The molecular weight excluding hydrogens is 454 g/mol. The van der Waals surface area contributed by atoms with Crippen molar-refractivity contribution in [2.24, 2.45) is 0 Å². The van der Waals surface area contributed by atoms with Crippen molar-refractivity contribution in [2.45, 2.75) is 24.8 Å². The van der Waals surface area contributed by atoms with Gasteiger partial charge in [-0.15, -0.1) is 0 Å². The fourth-order valence-electron chi connectivity index (χ4n) is 3.61. The number of anilines is 1. The predicted molar refractivity (Wildman–Crippen MR) is 124 cm³/mol. The summed E-state index contributed by atoms with van der Waals surface area (Å²) in [6.07, 6.45) is 0. The van der Waals surface area contributed by atoms with Gasteiger partial charge < -0.3 is 19.3 Å². The van der Waals surface area contributed by atoms with E-state index in [0.29, 0.717) is 38.5 Å². The number of amides is 1. The summed E-state index contributed by atoms with van der Waals surface area (Å²) in [5.41, 5.74) is 0.975. The average molecular weight is 482 g/mol. The molecule has 2 aromatic carbocycles. The van der Waals surface area contributed by atoms with Crippen molar-refractivity contribution in [2.75, 3.05) is 44.8 Å². The van der Waals surface area contributed by atoms with E-state index in [0.717, 1.165) is 11.4 Å². The van der Waals surface area contributed by atoms with Crippen molar-refractivity contribution >= 4 is 33.2 Å². The second-order valence-electron chi connectivity index (χ2n) is 7.35. The van der Waals surface area contributed by atoms with Gasteiger partial charge in [0.1, 0.15) is 11.5 Å². The molecule has 0 aliphatic carbocycles. The van der Waals surface area contributed by atoms with E-state index in [4.69, 9.17) is 21.1 Å². The van der Waals surface area contributed by atoms with Gasteiger partial charge in [0.05, 0.1) is 35.4 Å². The Hall–Kier alpha value is -2.49. The van der Waals surface area contributed by atoms with Crippen LogP contribution in [0.2, 0.25) is 5.02 Å². The minimum Gasteiger partial charge on any atom is -0.495 e. The van der Waals surface area contributed by atoms with Crippen LogP contribution in [-0.4, -0.2) is 65.2 Å². The Morgan fingerprint density at radius 1 is 1.12 bits per heavy atom. The summed E-state index contributed by atoms with van der Waals surface area (Å²) in [5.74, 6) is 0.915. The zero-order valence-electron chi connectivity index (χ0n) is 18.4. The standard InChI is InChI=1S/C22H28ClN3O5S/c1-4-31-20-10-9-17(15-18(20)23)32(28,29)24-16(2)22(27)26-13-11-25(12-14-26)19-7-5-6-8-21(19)30-3/h5-10,15-16,24H,4,11-14H2,1-3H3/t16-/m1/s1. The predicted octanol–water partition coefficient (Wildman–Crippen LogP) is 2.76. The zero-order valence-corrected chi connectivity index (χ0v) is 19.9. The van der Waals surface area contributed by atoms with Gasteiger partial charge in [0, 0.05) is 26.2 Å². The summed E-state index contributed by atoms with van der Waals surface area (Å²) in [6.45, 7) is 5.99. The lowest BCUT2D eigenvalue weighted by Crippen LogP contribution is -2.54. The number of nitrogens with one attached hydrogen (secondary N) is 1. The summed E-state index contributed by atoms with van der Waals surface area (Å²) in [5, 5.41) is 0.196. The van der Waals surface area contributed by atoms with Crippen LogP contribution in [0.3, 0.4) is 0 Å². The number of nitrogens with zero attached hydrogens (tertiary/aromatic N) is 2. The van der Waals surface area contributed by atoms with Crippen molar-refractivity contribution in [3.63, 3.8) is 0 Å². The van der Waals surface area contributed by atoms with Gasteiger partial charge in [-0.1, -0.05) is 23.7 Å². The maximum atomic E-state index is 12.9. The van der Waals surface area contributed by atoms with E-state index in [1.165, 1.54) is 18.2 Å². The van der Waals surface area contributed by atoms with Crippen LogP contribution in [0.25, 0.3) is 0 Å². The van der Waals surface area contributed by atoms with E-state index in [1.54, 1.807) is 18.9 Å². The molecule has 8 nitrogen and oxygen atoms in total. The number of hydrogen-bond acceptors (Lipinski definition) is 6. The van der Waals surface area contributed by atoms with Crippen molar-refractivity contribution in [1.29, 1.82) is 0 Å². The molecule has 10 heteroatoms. The first-order chi connectivity index (χ1) is 15.3. The number of carbonyl (C=O) groups excluding carboxylic acids is 1. The molecule has 0 bridgehead atoms. The normalized spacial score (nSPS) is 15.4. The van der Waals surface area contributed by atoms with Crippen LogP contribution >= 0.6 is 11.6 Å². The number of methoxy groups -OCH3 is 1. The van der Waals surface area contributed by atoms with Gasteiger partial charge in [-0.25, -0.2) is 8.42 Å². The van der Waals surface area contributed by atoms with Gasteiger partial charge in [0.15, 0.2) is 0 Å². The van der Waals surface area contributed by atoms with Gasteiger partial charge >= 0.3 is 0 Å². The van der Waals surface area contributed by atoms with Gasteiger partial charge in [-0.3, -0.25) is 4.79 Å². The van der Waals surface area contributed by atoms with E-state index in [9.17, 15) is 13.2 Å². The second-order valence-corrected chi connectivity index (χ2v) is 9.47. The first-order valence-corrected chi connectivity index (χ1v) is 12.2. The molecule has 1 fully saturated rings. The Balaban J connectivity index is 1.62. The molecule has 2 aromatic rings. The lowest BCUT2D eigenvalue weighted by molar-refractivity contribution is -0.132. The van der Waals surface area contributed by atoms with Crippen LogP contribution in [-0.2, 0) is 14.8 Å². The molecule has 3 rings (SSSR count). The van der Waals surface area contributed by atoms with E-state index < -0.39 is 16.1 Å². The number of sulfonamides is 1. The van der Waals surface area contributed by atoms with Gasteiger partial charge in [0.25, 0.3) is 0 Å². The Morgan fingerprint density at radius 2 is 1.81 bits per heavy atom. The molecule has 0 spiro atoms. The number of ether oxygens (including phenoxy) is 2. The molecule has 174 valence electrons. The molecule has 1 saturated heterocycles. The minimum absolute atomic E-state index is 0.0217. The fourth-order valence-corrected chi connectivity index (χ4v) is 5.13. The highest BCUT2D eigenvalue weighted by atomic mass is 35.5. The lowest BCUT2D eigenvalue weighted by atomic mass is 10.2. The van der Waals surface area contributed by atoms with E-state index in [2.05, 4.69) is 9.62 Å². The summed E-state index contributed by atoms with van der Waals surface area (Å²) in [4.78, 5) is 16.7. The third-order valence-electron chi connectivity index (χ3n) is 5.23. The van der Waals surface area contributed by atoms with Crippen LogP contribution in [0, 0.1) is 0 Å². The Bertz CT molecular complexity index is 1060. The molecule has 1 aliphatic rings. The molecule has 1 N–H and O–H groups in total. The number of piperazine rings is 1. The molecule has 0 saturated carbocycles. The van der Waals surface area contributed by atoms with Crippen LogP contribution in [0.1, 0.15) is 13.8 Å². The molecule has 32 heavy (non-hydrogen) atoms. The molecule has 1 aliphatic heterocycles. The topological polar surface area (TPSA) is 88.2 Å². The van der Waals surface area contributed by atoms with Crippen molar-refractivity contribution in [1.82, 2.24) is 9.62 Å². The number of halogens is 1. The highest BCUT2D eigenvalue weighted by Gasteiger charge is 2.29. The monoisotopic (exact) mass is 481 g/mol. The molecule has 0 unspecified atom stereocenters. The lowest BCUT2D eigenvalue weighted by Gasteiger charge is -2.37. The highest BCUT2D eigenvalue weighted by molar-refractivity contribution is 7.89. The smallest absolute Gasteiger partial charge is 0.241 e. The summed E-state index contributed by atoms with van der Waals surface area (Å²) < 4.78 is 38.7. The number of benzene rings is 2. The first-order valence-electron chi connectivity index (χ1n) is 10.4. The third-order valence-corrected chi connectivity index (χ3v) is 7.07. The summed E-state index contributed by atoms with van der Waals surface area (Å²) >= 11 is 6.11. The number of carbonyl (C=O) groups is 1. The van der Waals surface area contributed by atoms with E-state index in [-0.39, 0.29) is 15.8 Å². The van der Waals surface area contributed by atoms with Crippen LogP contribution in [0.4, 0.5) is 5.69 Å². The summed E-state index contributed by atoms with van der Waals surface area (Å²) in [6, 6.07) is 11.0. The number of rotatable bonds is 8. The Labute approximate surface area is 194 Å². The number of hydrogen-bond donors (Lipinski definition) is 1. The highest BCUT2D eigenvalue weighted by Crippen LogP contribution is 2.29. The number of para-hydroxylation sites is 2. The van der Waals surface area contributed by atoms with E-state index in [1.807, 2.05) is 31.2 Å². The van der Waals surface area contributed by atoms with E-state index >= 15 is 0 Å². The van der Waals surface area contributed by atoms with Crippen molar-refractivity contribution < 1.29 is 22.7 Å². The quantitative estimate of drug-likeness (QED) is 0.623. The average Bonchev–Trinajstić information content (AvgIpc) is 2.79. The Morgan fingerprint density at radius 3 is 2.44 bits per heavy atom. The van der Waals surface area contributed by atoms with Gasteiger partial charge in [-0.2, -0.15) is 4.72 Å². The second kappa shape index (κ2) is 10.4. The van der Waals surface area contributed by atoms with Crippen LogP contribution in [0.5, 0.6) is 11.5 Å². The summed E-state index contributed by atoms with van der Waals surface area (Å²) in [7, 11) is -2.30.